The van der Waals surface area contributed by atoms with Gasteiger partial charge < -0.3 is 10.6 Å². The quantitative estimate of drug-likeness (QED) is 0.919. The SMILES string of the molecule is CN(Cc1ccccc1F)c1nc(C2CC2)c(CN)s1. The van der Waals surface area contributed by atoms with Gasteiger partial charge in [-0.05, 0) is 18.9 Å². The van der Waals surface area contributed by atoms with E-state index in [4.69, 9.17) is 10.7 Å². The van der Waals surface area contributed by atoms with Gasteiger partial charge in [-0.2, -0.15) is 0 Å². The van der Waals surface area contributed by atoms with Crippen LogP contribution in [0.3, 0.4) is 0 Å². The first-order valence-electron chi connectivity index (χ1n) is 6.83. The molecular weight excluding hydrogens is 273 g/mol. The van der Waals surface area contributed by atoms with Crippen molar-refractivity contribution in [1.29, 1.82) is 0 Å². The zero-order valence-electron chi connectivity index (χ0n) is 11.5. The molecule has 0 saturated heterocycles. The van der Waals surface area contributed by atoms with Crippen LogP contribution in [0.2, 0.25) is 0 Å². The summed E-state index contributed by atoms with van der Waals surface area (Å²) < 4.78 is 13.7. The van der Waals surface area contributed by atoms with E-state index in [1.54, 1.807) is 17.4 Å². The summed E-state index contributed by atoms with van der Waals surface area (Å²) in [6.45, 7) is 1.06. The first-order chi connectivity index (χ1) is 9.69. The number of benzene rings is 1. The fourth-order valence-electron chi connectivity index (χ4n) is 2.29. The molecule has 5 heteroatoms. The van der Waals surface area contributed by atoms with E-state index >= 15 is 0 Å². The predicted octanol–water partition coefficient (Wildman–Crippen LogP) is 3.25. The third-order valence-electron chi connectivity index (χ3n) is 3.56. The standard InChI is InChI=1S/C15H18FN3S/c1-19(9-11-4-2-3-5-12(11)16)15-18-14(10-6-7-10)13(8-17)20-15/h2-5,10H,6-9,17H2,1H3. The van der Waals surface area contributed by atoms with Crippen molar-refractivity contribution in [3.8, 4) is 0 Å². The minimum absolute atomic E-state index is 0.169. The van der Waals surface area contributed by atoms with E-state index in [1.165, 1.54) is 23.8 Å². The molecule has 1 aromatic heterocycles. The average Bonchev–Trinajstić information content (AvgIpc) is 3.20. The second kappa shape index (κ2) is 5.50. The van der Waals surface area contributed by atoms with Crippen molar-refractivity contribution in [2.75, 3.05) is 11.9 Å². The summed E-state index contributed by atoms with van der Waals surface area (Å²) in [5.41, 5.74) is 7.65. The Morgan fingerprint density at radius 2 is 2.15 bits per heavy atom. The summed E-state index contributed by atoms with van der Waals surface area (Å²) in [6.07, 6.45) is 2.43. The molecular formula is C15H18FN3S. The van der Waals surface area contributed by atoms with E-state index in [0.717, 1.165) is 10.8 Å². The molecule has 1 heterocycles. The number of hydrogen-bond acceptors (Lipinski definition) is 4. The van der Waals surface area contributed by atoms with Gasteiger partial charge in [-0.25, -0.2) is 9.37 Å². The van der Waals surface area contributed by atoms with Gasteiger partial charge in [0.05, 0.1) is 5.69 Å². The number of aromatic nitrogens is 1. The van der Waals surface area contributed by atoms with E-state index in [0.29, 0.717) is 24.6 Å². The molecule has 1 aromatic carbocycles. The molecule has 1 aliphatic rings. The molecule has 3 nitrogen and oxygen atoms in total. The van der Waals surface area contributed by atoms with Crippen LogP contribution >= 0.6 is 11.3 Å². The van der Waals surface area contributed by atoms with Gasteiger partial charge in [0.1, 0.15) is 5.82 Å². The minimum atomic E-state index is -0.169. The van der Waals surface area contributed by atoms with Gasteiger partial charge in [-0.15, -0.1) is 11.3 Å². The average molecular weight is 291 g/mol. The van der Waals surface area contributed by atoms with Crippen LogP contribution in [0.1, 0.15) is 34.9 Å². The number of hydrogen-bond donors (Lipinski definition) is 1. The largest absolute Gasteiger partial charge is 0.347 e. The molecule has 0 radical (unpaired) electrons. The van der Waals surface area contributed by atoms with E-state index in [2.05, 4.69) is 0 Å². The van der Waals surface area contributed by atoms with Crippen LogP contribution in [-0.4, -0.2) is 12.0 Å². The molecule has 1 fully saturated rings. The second-order valence-corrected chi connectivity index (χ2v) is 6.29. The number of anilines is 1. The molecule has 0 atom stereocenters. The first kappa shape index (κ1) is 13.5. The lowest BCUT2D eigenvalue weighted by Gasteiger charge is -2.16. The Balaban J connectivity index is 1.80. The van der Waals surface area contributed by atoms with Crippen LogP contribution in [0.5, 0.6) is 0 Å². The second-order valence-electron chi connectivity index (χ2n) is 5.23. The maximum Gasteiger partial charge on any atom is 0.185 e. The molecule has 0 amide bonds. The molecule has 3 rings (SSSR count). The van der Waals surface area contributed by atoms with Crippen molar-refractivity contribution in [3.05, 3.63) is 46.2 Å². The molecule has 0 aliphatic heterocycles. The van der Waals surface area contributed by atoms with E-state index < -0.39 is 0 Å². The number of rotatable bonds is 5. The summed E-state index contributed by atoms with van der Waals surface area (Å²) in [4.78, 5) is 7.87. The summed E-state index contributed by atoms with van der Waals surface area (Å²) in [5.74, 6) is 0.429. The number of nitrogens with two attached hydrogens (primary N) is 1. The highest BCUT2D eigenvalue weighted by Crippen LogP contribution is 2.44. The van der Waals surface area contributed by atoms with Gasteiger partial charge in [0, 0.05) is 36.5 Å². The third-order valence-corrected chi connectivity index (χ3v) is 4.77. The van der Waals surface area contributed by atoms with Crippen molar-refractivity contribution in [2.45, 2.75) is 31.8 Å². The molecule has 0 spiro atoms. The van der Waals surface area contributed by atoms with Gasteiger partial charge in [-0.1, -0.05) is 18.2 Å². The third kappa shape index (κ3) is 2.69. The lowest BCUT2D eigenvalue weighted by Crippen LogP contribution is -2.17. The molecule has 0 unspecified atom stereocenters. The molecule has 2 N–H and O–H groups in total. The van der Waals surface area contributed by atoms with Crippen LogP contribution in [0.15, 0.2) is 24.3 Å². The lowest BCUT2D eigenvalue weighted by molar-refractivity contribution is 0.608. The van der Waals surface area contributed by atoms with Crippen LogP contribution < -0.4 is 10.6 Å². The number of nitrogens with zero attached hydrogens (tertiary/aromatic N) is 2. The summed E-state index contributed by atoms with van der Waals surface area (Å²) >= 11 is 1.63. The number of thiazole rings is 1. The van der Waals surface area contributed by atoms with Crippen molar-refractivity contribution < 1.29 is 4.39 Å². The Hall–Kier alpha value is -1.46. The fourth-order valence-corrected chi connectivity index (χ4v) is 3.27. The van der Waals surface area contributed by atoms with Gasteiger partial charge in [0.15, 0.2) is 5.13 Å². The summed E-state index contributed by atoms with van der Waals surface area (Å²) in [6, 6.07) is 6.87. The highest BCUT2D eigenvalue weighted by molar-refractivity contribution is 7.15. The Morgan fingerprint density at radius 3 is 2.80 bits per heavy atom. The van der Waals surface area contributed by atoms with Crippen LogP contribution in [0, 0.1) is 5.82 Å². The van der Waals surface area contributed by atoms with E-state index in [-0.39, 0.29) is 5.82 Å². The van der Waals surface area contributed by atoms with Gasteiger partial charge in [0.25, 0.3) is 0 Å². The normalized spacial score (nSPS) is 14.6. The summed E-state index contributed by atoms with van der Waals surface area (Å²) in [5, 5.41) is 0.926. The highest BCUT2D eigenvalue weighted by atomic mass is 32.1. The zero-order chi connectivity index (χ0) is 14.1. The van der Waals surface area contributed by atoms with Gasteiger partial charge in [-0.3, -0.25) is 0 Å². The van der Waals surface area contributed by atoms with Crippen molar-refractivity contribution in [3.63, 3.8) is 0 Å². The van der Waals surface area contributed by atoms with Crippen LogP contribution in [0.25, 0.3) is 0 Å². The molecule has 1 aliphatic carbocycles. The monoisotopic (exact) mass is 291 g/mol. The molecule has 106 valence electrons. The molecule has 20 heavy (non-hydrogen) atoms. The number of halogens is 1. The van der Waals surface area contributed by atoms with Crippen LogP contribution in [0.4, 0.5) is 9.52 Å². The van der Waals surface area contributed by atoms with E-state index in [9.17, 15) is 4.39 Å². The highest BCUT2D eigenvalue weighted by Gasteiger charge is 2.29. The Morgan fingerprint density at radius 1 is 1.40 bits per heavy atom. The topological polar surface area (TPSA) is 42.2 Å². The van der Waals surface area contributed by atoms with Crippen molar-refractivity contribution in [1.82, 2.24) is 4.98 Å². The Kier molecular flexibility index (Phi) is 3.72. The van der Waals surface area contributed by atoms with Crippen molar-refractivity contribution >= 4 is 16.5 Å². The fraction of sp³-hybridized carbons (Fsp3) is 0.400. The van der Waals surface area contributed by atoms with E-state index in [1.807, 2.05) is 24.1 Å². The Bertz CT molecular complexity index is 607. The van der Waals surface area contributed by atoms with Gasteiger partial charge in [0.2, 0.25) is 0 Å². The Labute approximate surface area is 122 Å². The van der Waals surface area contributed by atoms with Gasteiger partial charge >= 0.3 is 0 Å². The summed E-state index contributed by atoms with van der Waals surface area (Å²) in [7, 11) is 1.95. The van der Waals surface area contributed by atoms with Crippen LogP contribution in [-0.2, 0) is 13.1 Å². The molecule has 0 bridgehead atoms. The zero-order valence-corrected chi connectivity index (χ0v) is 12.3. The lowest BCUT2D eigenvalue weighted by atomic mass is 10.2. The molecule has 1 saturated carbocycles. The van der Waals surface area contributed by atoms with Crippen molar-refractivity contribution in [2.24, 2.45) is 5.73 Å². The minimum Gasteiger partial charge on any atom is -0.347 e. The predicted molar refractivity (Wildman–Crippen MR) is 80.5 cm³/mol. The first-order valence-corrected chi connectivity index (χ1v) is 7.65. The maximum absolute atomic E-state index is 13.7. The molecule has 2 aromatic rings. The smallest absolute Gasteiger partial charge is 0.185 e. The maximum atomic E-state index is 13.7.